The fraction of sp³-hybridized carbons (Fsp3) is 0.364. The van der Waals surface area contributed by atoms with Crippen LogP contribution in [0.5, 0.6) is 11.5 Å². The van der Waals surface area contributed by atoms with Gasteiger partial charge in [-0.2, -0.15) is 0 Å². The van der Waals surface area contributed by atoms with E-state index in [1.807, 2.05) is 19.1 Å². The number of nitrogens with two attached hydrogens (primary N) is 1. The van der Waals surface area contributed by atoms with Crippen molar-refractivity contribution in [1.82, 2.24) is 0 Å². The minimum Gasteiger partial charge on any atom is -0.481 e. The molecule has 0 saturated heterocycles. The van der Waals surface area contributed by atoms with Gasteiger partial charge in [0, 0.05) is 0 Å². The predicted molar refractivity (Wildman–Crippen MR) is 69.9 cm³/mol. The lowest BCUT2D eigenvalue weighted by atomic mass is 10.1. The first kappa shape index (κ1) is 14.1. The molecular formula is C11H13BrClNO3. The lowest BCUT2D eigenvalue weighted by molar-refractivity contribution is -0.133. The first-order valence-corrected chi connectivity index (χ1v) is 5.80. The molecule has 1 aromatic rings. The fourth-order valence-electron chi connectivity index (χ4n) is 1.64. The summed E-state index contributed by atoms with van der Waals surface area (Å²) in [5.74, 6) is 0.558. The average molecular weight is 323 g/mol. The van der Waals surface area contributed by atoms with Gasteiger partial charge < -0.3 is 15.2 Å². The number of para-hydroxylation sites is 2. The molecule has 1 heterocycles. The monoisotopic (exact) mass is 321 g/mol. The SMILES string of the molecule is CCC1Oc2ccccc2OC1(Br)C(N)=O.Cl. The Hall–Kier alpha value is -0.940. The van der Waals surface area contributed by atoms with Gasteiger partial charge in [-0.3, -0.25) is 4.79 Å². The summed E-state index contributed by atoms with van der Waals surface area (Å²) >= 11 is 3.23. The van der Waals surface area contributed by atoms with Crippen LogP contribution in [0.4, 0.5) is 0 Å². The van der Waals surface area contributed by atoms with Gasteiger partial charge in [0.15, 0.2) is 17.6 Å². The van der Waals surface area contributed by atoms with Gasteiger partial charge in [0.25, 0.3) is 10.4 Å². The molecule has 4 nitrogen and oxygen atoms in total. The fourth-order valence-corrected chi connectivity index (χ4v) is 2.23. The Kier molecular flexibility index (Phi) is 4.27. The Morgan fingerprint density at radius 3 is 2.59 bits per heavy atom. The maximum Gasteiger partial charge on any atom is 0.276 e. The average Bonchev–Trinajstić information content (AvgIpc) is 2.27. The number of fused-ring (bicyclic) bond motifs is 1. The van der Waals surface area contributed by atoms with Crippen molar-refractivity contribution in [2.24, 2.45) is 5.73 Å². The van der Waals surface area contributed by atoms with Crippen LogP contribution >= 0.6 is 28.3 Å². The number of primary amides is 1. The van der Waals surface area contributed by atoms with E-state index < -0.39 is 16.5 Å². The van der Waals surface area contributed by atoms with E-state index in [0.29, 0.717) is 17.9 Å². The molecule has 94 valence electrons. The van der Waals surface area contributed by atoms with Gasteiger partial charge in [-0.1, -0.05) is 19.1 Å². The molecule has 6 heteroatoms. The summed E-state index contributed by atoms with van der Waals surface area (Å²) in [6.07, 6.45) is 0.183. The molecule has 2 N–H and O–H groups in total. The molecule has 0 aliphatic carbocycles. The molecule has 0 spiro atoms. The summed E-state index contributed by atoms with van der Waals surface area (Å²) in [5, 5.41) is 0. The van der Waals surface area contributed by atoms with Crippen LogP contribution < -0.4 is 15.2 Å². The summed E-state index contributed by atoms with van der Waals surface area (Å²) in [4.78, 5) is 11.4. The summed E-state index contributed by atoms with van der Waals surface area (Å²) in [6, 6.07) is 7.19. The Morgan fingerprint density at radius 2 is 2.06 bits per heavy atom. The molecule has 0 bridgehead atoms. The van der Waals surface area contributed by atoms with Crippen LogP contribution in [0.1, 0.15) is 13.3 Å². The molecule has 17 heavy (non-hydrogen) atoms. The third kappa shape index (κ3) is 2.35. The second kappa shape index (κ2) is 5.14. The van der Waals surface area contributed by atoms with Crippen molar-refractivity contribution >= 4 is 34.2 Å². The van der Waals surface area contributed by atoms with Crippen LogP contribution in [0, 0.1) is 0 Å². The lowest BCUT2D eigenvalue weighted by Gasteiger charge is -2.37. The number of hydrogen-bond donors (Lipinski definition) is 1. The highest BCUT2D eigenvalue weighted by molar-refractivity contribution is 9.10. The molecule has 1 amide bonds. The Morgan fingerprint density at radius 1 is 1.47 bits per heavy atom. The molecule has 0 saturated carbocycles. The number of halogens is 2. The Bertz CT molecular complexity index is 429. The minimum absolute atomic E-state index is 0. The van der Waals surface area contributed by atoms with Crippen LogP contribution in [-0.4, -0.2) is 16.5 Å². The number of carbonyl (C=O) groups excluding carboxylic acids is 1. The van der Waals surface area contributed by atoms with Gasteiger partial charge in [-0.15, -0.1) is 12.4 Å². The Balaban J connectivity index is 0.00000144. The van der Waals surface area contributed by atoms with E-state index in [0.717, 1.165) is 0 Å². The van der Waals surface area contributed by atoms with Crippen LogP contribution in [0.3, 0.4) is 0 Å². The highest BCUT2D eigenvalue weighted by atomic mass is 79.9. The van der Waals surface area contributed by atoms with Gasteiger partial charge in [0.1, 0.15) is 0 Å². The highest BCUT2D eigenvalue weighted by Crippen LogP contribution is 2.41. The molecule has 0 radical (unpaired) electrons. The van der Waals surface area contributed by atoms with Crippen LogP contribution in [0.15, 0.2) is 24.3 Å². The molecule has 1 aliphatic heterocycles. The lowest BCUT2D eigenvalue weighted by Crippen LogP contribution is -2.56. The molecule has 1 aromatic carbocycles. The number of rotatable bonds is 2. The van der Waals surface area contributed by atoms with E-state index in [1.165, 1.54) is 0 Å². The summed E-state index contributed by atoms with van der Waals surface area (Å²) in [5.41, 5.74) is 5.33. The maximum absolute atomic E-state index is 11.4. The summed E-state index contributed by atoms with van der Waals surface area (Å²) in [7, 11) is 0. The standard InChI is InChI=1S/C11H12BrNO3.ClH/c1-2-9-11(12,10(13)14)16-8-6-4-3-5-7(8)15-9;/h3-6,9H,2H2,1H3,(H2,13,14);1H. The topological polar surface area (TPSA) is 61.6 Å². The summed E-state index contributed by atoms with van der Waals surface area (Å²) < 4.78 is 10.0. The molecule has 0 aromatic heterocycles. The maximum atomic E-state index is 11.4. The van der Waals surface area contributed by atoms with Gasteiger partial charge in [0.05, 0.1) is 0 Å². The van der Waals surface area contributed by atoms with Gasteiger partial charge in [-0.25, -0.2) is 0 Å². The van der Waals surface area contributed by atoms with Crippen molar-refractivity contribution in [2.45, 2.75) is 24.0 Å². The van der Waals surface area contributed by atoms with E-state index in [-0.39, 0.29) is 12.4 Å². The zero-order chi connectivity index (χ0) is 11.8. The molecule has 1 aliphatic rings. The van der Waals surface area contributed by atoms with E-state index in [9.17, 15) is 4.79 Å². The second-order valence-electron chi connectivity index (χ2n) is 3.57. The zero-order valence-corrected chi connectivity index (χ0v) is 11.6. The number of alkyl halides is 1. The smallest absolute Gasteiger partial charge is 0.276 e. The first-order valence-electron chi connectivity index (χ1n) is 5.01. The van der Waals surface area contributed by atoms with Gasteiger partial charge in [0.2, 0.25) is 0 Å². The third-order valence-electron chi connectivity index (χ3n) is 2.50. The number of benzene rings is 1. The normalized spacial score (nSPS) is 25.9. The second-order valence-corrected chi connectivity index (χ2v) is 4.75. The van der Waals surface area contributed by atoms with E-state index in [1.54, 1.807) is 12.1 Å². The number of hydrogen-bond acceptors (Lipinski definition) is 3. The Labute approximate surface area is 114 Å². The number of ether oxygens (including phenoxy) is 2. The molecular weight excluding hydrogens is 309 g/mol. The third-order valence-corrected chi connectivity index (χ3v) is 3.56. The van der Waals surface area contributed by atoms with Crippen molar-refractivity contribution < 1.29 is 14.3 Å². The van der Waals surface area contributed by atoms with E-state index in [2.05, 4.69) is 15.9 Å². The highest BCUT2D eigenvalue weighted by Gasteiger charge is 2.49. The van der Waals surface area contributed by atoms with Crippen molar-refractivity contribution in [1.29, 1.82) is 0 Å². The van der Waals surface area contributed by atoms with Crippen molar-refractivity contribution in [2.75, 3.05) is 0 Å². The van der Waals surface area contributed by atoms with E-state index in [4.69, 9.17) is 15.2 Å². The quantitative estimate of drug-likeness (QED) is 0.849. The molecule has 0 fully saturated rings. The van der Waals surface area contributed by atoms with Gasteiger partial charge in [-0.05, 0) is 34.5 Å². The summed E-state index contributed by atoms with van der Waals surface area (Å²) in [6.45, 7) is 1.90. The van der Waals surface area contributed by atoms with Gasteiger partial charge >= 0.3 is 0 Å². The van der Waals surface area contributed by atoms with Crippen molar-refractivity contribution in [3.63, 3.8) is 0 Å². The molecule has 2 atom stereocenters. The predicted octanol–water partition coefficient (Wildman–Crippen LogP) is 2.23. The van der Waals surface area contributed by atoms with Crippen LogP contribution in [0.25, 0.3) is 0 Å². The van der Waals surface area contributed by atoms with Crippen molar-refractivity contribution in [3.05, 3.63) is 24.3 Å². The first-order chi connectivity index (χ1) is 7.58. The largest absolute Gasteiger partial charge is 0.481 e. The van der Waals surface area contributed by atoms with Crippen LogP contribution in [0.2, 0.25) is 0 Å². The molecule has 2 rings (SSSR count). The van der Waals surface area contributed by atoms with E-state index >= 15 is 0 Å². The van der Waals surface area contributed by atoms with Crippen molar-refractivity contribution in [3.8, 4) is 11.5 Å². The number of amides is 1. The zero-order valence-electron chi connectivity index (χ0n) is 9.18. The minimum atomic E-state index is -1.28. The molecule has 2 unspecified atom stereocenters. The van der Waals surface area contributed by atoms with Crippen LogP contribution in [-0.2, 0) is 4.79 Å². The number of carbonyl (C=O) groups is 1.